The molecule has 0 saturated heterocycles. The minimum absolute atomic E-state index is 0.0788. The van der Waals surface area contributed by atoms with E-state index in [2.05, 4.69) is 10.6 Å². The summed E-state index contributed by atoms with van der Waals surface area (Å²) in [5, 5.41) is 14.8. The van der Waals surface area contributed by atoms with Gasteiger partial charge in [-0.25, -0.2) is 4.79 Å². The van der Waals surface area contributed by atoms with Crippen LogP contribution in [0.4, 0.5) is 4.79 Å². The van der Waals surface area contributed by atoms with Gasteiger partial charge >= 0.3 is 6.03 Å². The molecule has 2 amide bonds. The van der Waals surface area contributed by atoms with E-state index in [1.165, 1.54) is 25.7 Å². The van der Waals surface area contributed by atoms with Crippen LogP contribution in [0.15, 0.2) is 0 Å². The fourth-order valence-corrected chi connectivity index (χ4v) is 2.69. The largest absolute Gasteiger partial charge is 0.396 e. The maximum Gasteiger partial charge on any atom is 0.315 e. The summed E-state index contributed by atoms with van der Waals surface area (Å²) in [6, 6.07) is -0.183. The quantitative estimate of drug-likeness (QED) is 0.476. The number of carbonyl (C=O) groups is 1. The third-order valence-electron chi connectivity index (χ3n) is 4.40. The van der Waals surface area contributed by atoms with Gasteiger partial charge in [0, 0.05) is 18.7 Å². The zero-order chi connectivity index (χ0) is 15.6. The molecule has 1 fully saturated rings. The normalized spacial score (nSPS) is 19.6. The van der Waals surface area contributed by atoms with Gasteiger partial charge in [-0.15, -0.1) is 0 Å². The van der Waals surface area contributed by atoms with E-state index in [9.17, 15) is 4.79 Å². The Balaban J connectivity index is 2.15. The predicted molar refractivity (Wildman–Crippen MR) is 84.4 cm³/mol. The number of hydrogen-bond acceptors (Lipinski definition) is 3. The molecule has 0 heterocycles. The van der Waals surface area contributed by atoms with Crippen molar-refractivity contribution < 1.29 is 14.6 Å². The van der Waals surface area contributed by atoms with Crippen LogP contribution >= 0.6 is 0 Å². The molecule has 1 atom stereocenters. The molecule has 0 aromatic carbocycles. The summed E-state index contributed by atoms with van der Waals surface area (Å²) in [5.74, 6) is 0. The van der Waals surface area contributed by atoms with Gasteiger partial charge in [0.1, 0.15) is 0 Å². The van der Waals surface area contributed by atoms with Gasteiger partial charge in [0.05, 0.1) is 12.7 Å². The average Bonchev–Trinajstić information content (AvgIpc) is 2.72. The molecule has 0 radical (unpaired) electrons. The van der Waals surface area contributed by atoms with Crippen LogP contribution in [0.25, 0.3) is 0 Å². The number of ether oxygens (including phenoxy) is 1. The maximum absolute atomic E-state index is 11.8. The summed E-state index contributed by atoms with van der Waals surface area (Å²) in [5.41, 5.74) is -0.346. The highest BCUT2D eigenvalue weighted by Gasteiger charge is 2.23. The van der Waals surface area contributed by atoms with E-state index in [0.29, 0.717) is 25.7 Å². The van der Waals surface area contributed by atoms with Crippen molar-refractivity contribution in [1.82, 2.24) is 10.6 Å². The Morgan fingerprint density at radius 2 is 1.95 bits per heavy atom. The zero-order valence-electron chi connectivity index (χ0n) is 13.6. The number of hydrogen-bond donors (Lipinski definition) is 3. The Morgan fingerprint density at radius 1 is 1.29 bits per heavy atom. The fraction of sp³-hybridized carbons (Fsp3) is 0.938. The molecule has 1 unspecified atom stereocenters. The molecule has 21 heavy (non-hydrogen) atoms. The SMILES string of the molecule is CCC(C)(CCO)NC(=O)NCCOC1CCCCCC1. The first-order valence-electron chi connectivity index (χ1n) is 8.38. The number of carbonyl (C=O) groups excluding carboxylic acids is 1. The lowest BCUT2D eigenvalue weighted by atomic mass is 9.95. The second kappa shape index (κ2) is 10.0. The van der Waals surface area contributed by atoms with Crippen molar-refractivity contribution in [2.75, 3.05) is 19.8 Å². The molecule has 0 aromatic heterocycles. The van der Waals surface area contributed by atoms with Crippen LogP contribution in [-0.4, -0.2) is 42.5 Å². The van der Waals surface area contributed by atoms with Gasteiger partial charge in [0.15, 0.2) is 0 Å². The van der Waals surface area contributed by atoms with Gasteiger partial charge < -0.3 is 20.5 Å². The molecule has 1 aliphatic rings. The summed E-state index contributed by atoms with van der Waals surface area (Å²) < 4.78 is 5.83. The Hall–Kier alpha value is -0.810. The highest BCUT2D eigenvalue weighted by Crippen LogP contribution is 2.19. The van der Waals surface area contributed by atoms with Crippen LogP contribution in [0.5, 0.6) is 0 Å². The first kappa shape index (κ1) is 18.2. The van der Waals surface area contributed by atoms with Crippen molar-refractivity contribution >= 4 is 6.03 Å². The molecule has 0 aliphatic heterocycles. The first-order valence-corrected chi connectivity index (χ1v) is 8.38. The Morgan fingerprint density at radius 3 is 2.52 bits per heavy atom. The second-order valence-corrected chi connectivity index (χ2v) is 6.25. The summed E-state index contributed by atoms with van der Waals surface area (Å²) in [6.45, 7) is 5.13. The van der Waals surface area contributed by atoms with E-state index in [-0.39, 0.29) is 18.2 Å². The maximum atomic E-state index is 11.8. The van der Waals surface area contributed by atoms with Crippen LogP contribution in [0, 0.1) is 0 Å². The van der Waals surface area contributed by atoms with Crippen molar-refractivity contribution in [2.24, 2.45) is 0 Å². The molecule has 5 heteroatoms. The molecule has 0 bridgehead atoms. The molecule has 5 nitrogen and oxygen atoms in total. The number of aliphatic hydroxyl groups is 1. The summed E-state index contributed by atoms with van der Waals surface area (Å²) in [6.07, 6.45) is 9.18. The smallest absolute Gasteiger partial charge is 0.315 e. The van der Waals surface area contributed by atoms with E-state index in [4.69, 9.17) is 9.84 Å². The molecule has 0 spiro atoms. The van der Waals surface area contributed by atoms with E-state index < -0.39 is 0 Å². The van der Waals surface area contributed by atoms with Crippen LogP contribution in [0.1, 0.15) is 65.2 Å². The van der Waals surface area contributed by atoms with Crippen LogP contribution in [0.2, 0.25) is 0 Å². The van der Waals surface area contributed by atoms with E-state index in [1.54, 1.807) is 0 Å². The molecule has 3 N–H and O–H groups in total. The minimum atomic E-state index is -0.346. The van der Waals surface area contributed by atoms with Crippen molar-refractivity contribution in [2.45, 2.75) is 76.9 Å². The lowest BCUT2D eigenvalue weighted by Gasteiger charge is -2.29. The van der Waals surface area contributed by atoms with Crippen molar-refractivity contribution in [3.05, 3.63) is 0 Å². The van der Waals surface area contributed by atoms with Crippen molar-refractivity contribution in [3.63, 3.8) is 0 Å². The molecule has 124 valence electrons. The van der Waals surface area contributed by atoms with E-state index in [0.717, 1.165) is 19.3 Å². The van der Waals surface area contributed by atoms with Crippen molar-refractivity contribution in [1.29, 1.82) is 0 Å². The minimum Gasteiger partial charge on any atom is -0.396 e. The van der Waals surface area contributed by atoms with E-state index in [1.807, 2.05) is 13.8 Å². The topological polar surface area (TPSA) is 70.6 Å². The Kier molecular flexibility index (Phi) is 8.69. The Labute approximate surface area is 128 Å². The highest BCUT2D eigenvalue weighted by molar-refractivity contribution is 5.74. The monoisotopic (exact) mass is 300 g/mol. The van der Waals surface area contributed by atoms with Gasteiger partial charge in [0.2, 0.25) is 0 Å². The van der Waals surface area contributed by atoms with Gasteiger partial charge in [0.25, 0.3) is 0 Å². The fourth-order valence-electron chi connectivity index (χ4n) is 2.69. The number of aliphatic hydroxyl groups excluding tert-OH is 1. The van der Waals surface area contributed by atoms with E-state index >= 15 is 0 Å². The summed E-state index contributed by atoms with van der Waals surface area (Å²) in [4.78, 5) is 11.8. The summed E-state index contributed by atoms with van der Waals surface area (Å²) >= 11 is 0. The number of urea groups is 1. The lowest BCUT2D eigenvalue weighted by Crippen LogP contribution is -2.51. The van der Waals surface area contributed by atoms with Gasteiger partial charge in [-0.05, 0) is 32.6 Å². The number of amides is 2. The molecular formula is C16H32N2O3. The van der Waals surface area contributed by atoms with Gasteiger partial charge in [-0.1, -0.05) is 32.6 Å². The second-order valence-electron chi connectivity index (χ2n) is 6.25. The molecule has 1 saturated carbocycles. The average molecular weight is 300 g/mol. The van der Waals surface area contributed by atoms with Crippen LogP contribution in [0.3, 0.4) is 0 Å². The van der Waals surface area contributed by atoms with Gasteiger partial charge in [-0.3, -0.25) is 0 Å². The third kappa shape index (κ3) is 7.67. The molecular weight excluding hydrogens is 268 g/mol. The highest BCUT2D eigenvalue weighted by atomic mass is 16.5. The van der Waals surface area contributed by atoms with Crippen LogP contribution < -0.4 is 10.6 Å². The number of rotatable bonds is 8. The van der Waals surface area contributed by atoms with Crippen molar-refractivity contribution in [3.8, 4) is 0 Å². The first-order chi connectivity index (χ1) is 10.1. The van der Waals surface area contributed by atoms with Gasteiger partial charge in [-0.2, -0.15) is 0 Å². The lowest BCUT2D eigenvalue weighted by molar-refractivity contribution is 0.0459. The third-order valence-corrected chi connectivity index (χ3v) is 4.40. The van der Waals surface area contributed by atoms with Crippen LogP contribution in [-0.2, 0) is 4.74 Å². The molecule has 1 aliphatic carbocycles. The zero-order valence-corrected chi connectivity index (χ0v) is 13.6. The number of nitrogens with one attached hydrogen (secondary N) is 2. The predicted octanol–water partition coefficient (Wildman–Crippen LogP) is 2.58. The molecule has 1 rings (SSSR count). The summed E-state index contributed by atoms with van der Waals surface area (Å²) in [7, 11) is 0. The molecule has 0 aromatic rings. The standard InChI is InChI=1S/C16H32N2O3/c1-3-16(2,10-12-19)18-15(20)17-11-13-21-14-8-6-4-5-7-9-14/h14,19H,3-13H2,1-2H3,(H2,17,18,20). The Bertz CT molecular complexity index is 291.